The van der Waals surface area contributed by atoms with E-state index < -0.39 is 0 Å². The Labute approximate surface area is 208 Å². The van der Waals surface area contributed by atoms with Gasteiger partial charge in [0.15, 0.2) is 11.5 Å². The van der Waals surface area contributed by atoms with E-state index in [4.69, 9.17) is 4.98 Å². The van der Waals surface area contributed by atoms with Crippen molar-refractivity contribution >= 4 is 46.5 Å². The number of piperazine rings is 1. The van der Waals surface area contributed by atoms with Crippen LogP contribution in [0.3, 0.4) is 0 Å². The van der Waals surface area contributed by atoms with Crippen LogP contribution in [0.15, 0.2) is 55.4 Å². The number of fused-ring (bicyclic) bond motifs is 2. The lowest BCUT2D eigenvalue weighted by Gasteiger charge is -2.27. The van der Waals surface area contributed by atoms with Crippen molar-refractivity contribution in [2.75, 3.05) is 36.4 Å². The number of hydrogen-bond acceptors (Lipinski definition) is 9. The number of nitrogens with one attached hydrogen (secondary N) is 2. The molecule has 1 aliphatic heterocycles. The molecular formula is C24H25ClN10. The van der Waals surface area contributed by atoms with E-state index in [1.54, 1.807) is 23.4 Å². The summed E-state index contributed by atoms with van der Waals surface area (Å²) < 4.78 is 1.77. The lowest BCUT2D eigenvalue weighted by Crippen LogP contribution is -2.44. The molecule has 4 aromatic heterocycles. The molecule has 1 aliphatic rings. The number of rotatable bonds is 5. The van der Waals surface area contributed by atoms with Crippen LogP contribution < -0.4 is 15.5 Å². The number of nitrogens with zero attached hydrogens (tertiary/aromatic N) is 8. The van der Waals surface area contributed by atoms with Gasteiger partial charge in [0.05, 0.1) is 6.20 Å². The van der Waals surface area contributed by atoms with Crippen LogP contribution in [0.5, 0.6) is 0 Å². The first-order valence-corrected chi connectivity index (χ1v) is 11.3. The molecule has 0 amide bonds. The Morgan fingerprint density at radius 2 is 1.89 bits per heavy atom. The normalized spacial score (nSPS) is 13.7. The predicted molar refractivity (Wildman–Crippen MR) is 138 cm³/mol. The SMILES string of the molecule is Cc1cc(Nc2ncnc3cnc(N4CCNCC4)nc23)ccc1Cc1ccn2ncnc2c1.Cl. The van der Waals surface area contributed by atoms with Gasteiger partial charge < -0.3 is 15.5 Å². The fraction of sp³-hybridized carbons (Fsp3) is 0.250. The van der Waals surface area contributed by atoms with Crippen molar-refractivity contribution in [2.45, 2.75) is 13.3 Å². The van der Waals surface area contributed by atoms with Gasteiger partial charge in [-0.25, -0.2) is 29.4 Å². The van der Waals surface area contributed by atoms with Crippen LogP contribution in [0.1, 0.15) is 16.7 Å². The summed E-state index contributed by atoms with van der Waals surface area (Å²) in [6.07, 6.45) is 7.65. The van der Waals surface area contributed by atoms with Crippen LogP contribution in [-0.2, 0) is 6.42 Å². The molecule has 1 fully saturated rings. The molecule has 5 aromatic rings. The fourth-order valence-corrected chi connectivity index (χ4v) is 4.25. The Balaban J connectivity index is 0.00000253. The molecule has 0 saturated carbocycles. The monoisotopic (exact) mass is 488 g/mol. The third kappa shape index (κ3) is 4.71. The predicted octanol–water partition coefficient (Wildman–Crippen LogP) is 2.94. The molecule has 6 rings (SSSR count). The second kappa shape index (κ2) is 9.77. The van der Waals surface area contributed by atoms with Crippen molar-refractivity contribution < 1.29 is 0 Å². The zero-order valence-electron chi connectivity index (χ0n) is 19.2. The van der Waals surface area contributed by atoms with E-state index in [0.29, 0.717) is 17.3 Å². The van der Waals surface area contributed by atoms with E-state index in [9.17, 15) is 0 Å². The van der Waals surface area contributed by atoms with Gasteiger partial charge in [0.2, 0.25) is 5.95 Å². The first-order chi connectivity index (χ1) is 16.7. The van der Waals surface area contributed by atoms with Crippen molar-refractivity contribution in [3.8, 4) is 0 Å². The number of halogens is 1. The third-order valence-electron chi connectivity index (χ3n) is 6.11. The van der Waals surface area contributed by atoms with E-state index in [-0.39, 0.29) is 12.4 Å². The Morgan fingerprint density at radius 1 is 1.00 bits per heavy atom. The molecule has 0 unspecified atom stereocenters. The number of benzene rings is 1. The zero-order chi connectivity index (χ0) is 22.9. The maximum Gasteiger partial charge on any atom is 0.226 e. The van der Waals surface area contributed by atoms with Crippen LogP contribution in [0.2, 0.25) is 0 Å². The summed E-state index contributed by atoms with van der Waals surface area (Å²) in [4.78, 5) is 24.6. The largest absolute Gasteiger partial charge is 0.338 e. The van der Waals surface area contributed by atoms with Crippen LogP contribution >= 0.6 is 12.4 Å². The average Bonchev–Trinajstić information content (AvgIpc) is 3.34. The maximum atomic E-state index is 4.80. The summed E-state index contributed by atoms with van der Waals surface area (Å²) in [5, 5.41) is 11.0. The summed E-state index contributed by atoms with van der Waals surface area (Å²) in [7, 11) is 0. The number of aryl methyl sites for hydroxylation is 1. The van der Waals surface area contributed by atoms with Gasteiger partial charge in [0.25, 0.3) is 0 Å². The van der Waals surface area contributed by atoms with Gasteiger partial charge in [-0.05, 0) is 54.3 Å². The topological polar surface area (TPSA) is 109 Å². The van der Waals surface area contributed by atoms with Gasteiger partial charge in [-0.15, -0.1) is 12.4 Å². The Hall–Kier alpha value is -3.89. The highest BCUT2D eigenvalue weighted by Crippen LogP contribution is 2.25. The van der Waals surface area contributed by atoms with Crippen LogP contribution in [0.4, 0.5) is 17.5 Å². The molecule has 10 nitrogen and oxygen atoms in total. The van der Waals surface area contributed by atoms with Crippen molar-refractivity contribution in [3.63, 3.8) is 0 Å². The second-order valence-electron chi connectivity index (χ2n) is 8.40. The highest BCUT2D eigenvalue weighted by molar-refractivity contribution is 5.87. The minimum atomic E-state index is 0. The molecule has 35 heavy (non-hydrogen) atoms. The Bertz CT molecular complexity index is 1480. The maximum absolute atomic E-state index is 4.80. The molecule has 1 aromatic carbocycles. The molecule has 0 spiro atoms. The van der Waals surface area contributed by atoms with Crippen LogP contribution in [0.25, 0.3) is 16.7 Å². The molecule has 2 N–H and O–H groups in total. The highest BCUT2D eigenvalue weighted by Gasteiger charge is 2.15. The summed E-state index contributed by atoms with van der Waals surface area (Å²) in [5.41, 5.74) is 6.89. The van der Waals surface area contributed by atoms with Gasteiger partial charge in [0, 0.05) is 38.1 Å². The van der Waals surface area contributed by atoms with Crippen molar-refractivity contribution in [3.05, 3.63) is 72.1 Å². The van der Waals surface area contributed by atoms with Gasteiger partial charge in [-0.2, -0.15) is 5.10 Å². The van der Waals surface area contributed by atoms with Crippen molar-refractivity contribution in [1.29, 1.82) is 0 Å². The average molecular weight is 489 g/mol. The second-order valence-corrected chi connectivity index (χ2v) is 8.40. The number of hydrogen-bond donors (Lipinski definition) is 2. The van der Waals surface area contributed by atoms with Crippen LogP contribution in [-0.4, -0.2) is 60.7 Å². The van der Waals surface area contributed by atoms with E-state index in [1.165, 1.54) is 16.7 Å². The standard InChI is InChI=1S/C24H24N10.ClH/c1-16-10-19(3-2-18(16)11-17-4-7-34-21(12-17)28-15-30-34)31-23-22-20(27-14-29-23)13-26-24(32-22)33-8-5-25-6-9-33;/h2-4,7,10,12-15,25H,5-6,8-9,11H2,1H3,(H,27,29,31);1H. The smallest absolute Gasteiger partial charge is 0.226 e. The molecule has 0 aliphatic carbocycles. The van der Waals surface area contributed by atoms with Crippen molar-refractivity contribution in [1.82, 2.24) is 39.9 Å². The first kappa shape index (κ1) is 22.9. The highest BCUT2D eigenvalue weighted by atomic mass is 35.5. The summed E-state index contributed by atoms with van der Waals surface area (Å²) in [6, 6.07) is 10.5. The molecule has 178 valence electrons. The molecule has 0 radical (unpaired) electrons. The molecule has 1 saturated heterocycles. The Morgan fingerprint density at radius 3 is 2.74 bits per heavy atom. The lowest BCUT2D eigenvalue weighted by molar-refractivity contribution is 0.580. The molecule has 0 atom stereocenters. The van der Waals surface area contributed by atoms with Gasteiger partial charge in [-0.3, -0.25) is 0 Å². The number of anilines is 3. The molecule has 5 heterocycles. The number of pyridine rings is 1. The van der Waals surface area contributed by atoms with E-state index in [1.807, 2.05) is 6.20 Å². The minimum absolute atomic E-state index is 0. The first-order valence-electron chi connectivity index (χ1n) is 11.3. The molecular weight excluding hydrogens is 464 g/mol. The summed E-state index contributed by atoms with van der Waals surface area (Å²) in [5.74, 6) is 1.39. The van der Waals surface area contributed by atoms with E-state index in [0.717, 1.165) is 49.5 Å². The molecule has 11 heteroatoms. The third-order valence-corrected chi connectivity index (χ3v) is 6.11. The molecule has 0 bridgehead atoms. The quantitative estimate of drug-likeness (QED) is 0.386. The van der Waals surface area contributed by atoms with Gasteiger partial charge >= 0.3 is 0 Å². The fourth-order valence-electron chi connectivity index (χ4n) is 4.25. The summed E-state index contributed by atoms with van der Waals surface area (Å²) in [6.45, 7) is 5.74. The van der Waals surface area contributed by atoms with E-state index >= 15 is 0 Å². The van der Waals surface area contributed by atoms with Gasteiger partial charge in [-0.1, -0.05) is 6.07 Å². The Kier molecular flexibility index (Phi) is 6.39. The van der Waals surface area contributed by atoms with Gasteiger partial charge in [0.1, 0.15) is 23.7 Å². The summed E-state index contributed by atoms with van der Waals surface area (Å²) >= 11 is 0. The van der Waals surface area contributed by atoms with E-state index in [2.05, 4.69) is 77.8 Å². The van der Waals surface area contributed by atoms with Crippen LogP contribution in [0, 0.1) is 6.92 Å². The minimum Gasteiger partial charge on any atom is -0.338 e. The number of aromatic nitrogens is 7. The van der Waals surface area contributed by atoms with Crippen molar-refractivity contribution in [2.24, 2.45) is 0 Å². The zero-order valence-corrected chi connectivity index (χ0v) is 20.0. The lowest BCUT2D eigenvalue weighted by atomic mass is 10.0.